The molecular formula is C17H17BrO2. The molecule has 3 heteroatoms. The van der Waals surface area contributed by atoms with E-state index in [1.165, 1.54) is 5.56 Å². The second kappa shape index (κ2) is 6.23. The summed E-state index contributed by atoms with van der Waals surface area (Å²) in [4.78, 5) is 12.2. The minimum Gasteiger partial charge on any atom is -0.485 e. The van der Waals surface area contributed by atoms with Gasteiger partial charge in [0.05, 0.1) is 0 Å². The minimum absolute atomic E-state index is 0.00789. The first-order valence-electron chi connectivity index (χ1n) is 6.47. The van der Waals surface area contributed by atoms with Crippen LogP contribution in [0.15, 0.2) is 40.9 Å². The van der Waals surface area contributed by atoms with Crippen molar-refractivity contribution in [3.8, 4) is 5.75 Å². The van der Waals surface area contributed by atoms with E-state index in [-0.39, 0.29) is 12.4 Å². The van der Waals surface area contributed by atoms with Crippen LogP contribution in [-0.4, -0.2) is 12.4 Å². The Hall–Kier alpha value is -1.61. The monoisotopic (exact) mass is 332 g/mol. The number of Topliss-reactive ketones (excluding diaryl/α,β-unsaturated/α-hetero) is 1. The maximum atomic E-state index is 12.2. The molecule has 0 amide bonds. The molecule has 2 nitrogen and oxygen atoms in total. The highest BCUT2D eigenvalue weighted by Gasteiger charge is 2.11. The van der Waals surface area contributed by atoms with Crippen molar-refractivity contribution in [2.45, 2.75) is 20.8 Å². The summed E-state index contributed by atoms with van der Waals surface area (Å²) in [6, 6.07) is 11.4. The van der Waals surface area contributed by atoms with E-state index in [1.54, 1.807) is 0 Å². The summed E-state index contributed by atoms with van der Waals surface area (Å²) >= 11 is 3.36. The number of ketones is 1. The molecule has 0 saturated carbocycles. The number of hydrogen-bond acceptors (Lipinski definition) is 2. The van der Waals surface area contributed by atoms with Crippen LogP contribution in [-0.2, 0) is 0 Å². The van der Waals surface area contributed by atoms with E-state index >= 15 is 0 Å². The number of rotatable bonds is 4. The number of hydrogen-bond donors (Lipinski definition) is 0. The van der Waals surface area contributed by atoms with E-state index < -0.39 is 0 Å². The van der Waals surface area contributed by atoms with Crippen LogP contribution in [0.5, 0.6) is 5.75 Å². The van der Waals surface area contributed by atoms with Crippen molar-refractivity contribution in [3.63, 3.8) is 0 Å². The van der Waals surface area contributed by atoms with Gasteiger partial charge in [0.15, 0.2) is 12.4 Å². The van der Waals surface area contributed by atoms with Crippen LogP contribution in [0.4, 0.5) is 0 Å². The zero-order valence-electron chi connectivity index (χ0n) is 11.9. The lowest BCUT2D eigenvalue weighted by Crippen LogP contribution is -2.13. The Morgan fingerprint density at radius 2 is 1.60 bits per heavy atom. The fourth-order valence-electron chi connectivity index (χ4n) is 2.02. The Morgan fingerprint density at radius 3 is 2.25 bits per heavy atom. The summed E-state index contributed by atoms with van der Waals surface area (Å²) < 4.78 is 6.52. The smallest absolute Gasteiger partial charge is 0.200 e. The summed E-state index contributed by atoms with van der Waals surface area (Å²) in [6.45, 7) is 6.08. The number of benzene rings is 2. The lowest BCUT2D eigenvalue weighted by Gasteiger charge is -2.10. The van der Waals surface area contributed by atoms with Gasteiger partial charge in [0.25, 0.3) is 0 Å². The fourth-order valence-corrected chi connectivity index (χ4v) is 2.28. The molecule has 0 aliphatic rings. The quantitative estimate of drug-likeness (QED) is 0.762. The first kappa shape index (κ1) is 14.8. The van der Waals surface area contributed by atoms with Crippen molar-refractivity contribution in [3.05, 3.63) is 63.1 Å². The third-order valence-corrected chi connectivity index (χ3v) is 3.85. The topological polar surface area (TPSA) is 26.3 Å². The fraction of sp³-hybridized carbons (Fsp3) is 0.235. The molecule has 104 valence electrons. The summed E-state index contributed by atoms with van der Waals surface area (Å²) in [5.41, 5.74) is 4.07. The molecule has 0 bridgehead atoms. The van der Waals surface area contributed by atoms with Crippen LogP contribution in [0.25, 0.3) is 0 Å². The van der Waals surface area contributed by atoms with Crippen molar-refractivity contribution in [1.82, 2.24) is 0 Å². The summed E-state index contributed by atoms with van der Waals surface area (Å²) in [5, 5.41) is 0. The van der Waals surface area contributed by atoms with Crippen molar-refractivity contribution >= 4 is 21.7 Å². The standard InChI is InChI=1S/C17H17BrO2/c1-11-8-13(3)16(9-12(11)2)17(19)10-20-15-6-4-14(18)5-7-15/h4-9H,10H2,1-3H3. The van der Waals surface area contributed by atoms with E-state index in [9.17, 15) is 4.79 Å². The van der Waals surface area contributed by atoms with Gasteiger partial charge in [-0.25, -0.2) is 0 Å². The van der Waals surface area contributed by atoms with Crippen LogP contribution in [0.1, 0.15) is 27.0 Å². The molecule has 2 rings (SSSR count). The average molecular weight is 333 g/mol. The van der Waals surface area contributed by atoms with Gasteiger partial charge in [0.2, 0.25) is 0 Å². The predicted molar refractivity (Wildman–Crippen MR) is 84.6 cm³/mol. The Morgan fingerprint density at radius 1 is 1.00 bits per heavy atom. The largest absolute Gasteiger partial charge is 0.485 e. The van der Waals surface area contributed by atoms with Gasteiger partial charge in [-0.1, -0.05) is 22.0 Å². The molecule has 0 N–H and O–H groups in total. The zero-order valence-corrected chi connectivity index (χ0v) is 13.5. The Balaban J connectivity index is 2.09. The highest BCUT2D eigenvalue weighted by Crippen LogP contribution is 2.18. The number of aryl methyl sites for hydroxylation is 3. The summed E-state index contributed by atoms with van der Waals surface area (Å²) in [5.74, 6) is 0.705. The Bertz CT molecular complexity index is 630. The van der Waals surface area contributed by atoms with E-state index in [0.717, 1.165) is 21.2 Å². The van der Waals surface area contributed by atoms with Gasteiger partial charge >= 0.3 is 0 Å². The predicted octanol–water partition coefficient (Wildman–Crippen LogP) is 4.64. The van der Waals surface area contributed by atoms with Crippen LogP contribution in [0.2, 0.25) is 0 Å². The molecule has 0 atom stereocenters. The molecule has 0 unspecified atom stereocenters. The first-order chi connectivity index (χ1) is 9.47. The molecule has 0 radical (unpaired) electrons. The second-order valence-corrected chi connectivity index (χ2v) is 5.83. The molecule has 0 spiro atoms. The van der Waals surface area contributed by atoms with Gasteiger partial charge in [-0.15, -0.1) is 0 Å². The Kier molecular flexibility index (Phi) is 4.61. The SMILES string of the molecule is Cc1cc(C)c(C(=O)COc2ccc(Br)cc2)cc1C. The van der Waals surface area contributed by atoms with Crippen molar-refractivity contribution in [2.24, 2.45) is 0 Å². The molecule has 0 aromatic heterocycles. The molecule has 0 aliphatic heterocycles. The Labute approximate surface area is 127 Å². The molecule has 0 heterocycles. The van der Waals surface area contributed by atoms with Gasteiger partial charge in [0, 0.05) is 10.0 Å². The first-order valence-corrected chi connectivity index (χ1v) is 7.26. The maximum Gasteiger partial charge on any atom is 0.200 e. The van der Waals surface area contributed by atoms with Gasteiger partial charge in [-0.05, 0) is 67.8 Å². The van der Waals surface area contributed by atoms with Gasteiger partial charge in [-0.3, -0.25) is 4.79 Å². The number of halogens is 1. The van der Waals surface area contributed by atoms with Crippen molar-refractivity contribution < 1.29 is 9.53 Å². The molecule has 0 saturated heterocycles. The number of ether oxygens (including phenoxy) is 1. The van der Waals surface area contributed by atoms with E-state index in [4.69, 9.17) is 4.74 Å². The maximum absolute atomic E-state index is 12.2. The summed E-state index contributed by atoms with van der Waals surface area (Å²) in [7, 11) is 0. The lowest BCUT2D eigenvalue weighted by atomic mass is 9.98. The highest BCUT2D eigenvalue weighted by molar-refractivity contribution is 9.10. The molecule has 20 heavy (non-hydrogen) atoms. The van der Waals surface area contributed by atoms with Gasteiger partial charge in [0.1, 0.15) is 5.75 Å². The minimum atomic E-state index is 0.00789. The highest BCUT2D eigenvalue weighted by atomic mass is 79.9. The lowest BCUT2D eigenvalue weighted by molar-refractivity contribution is 0.0921. The van der Waals surface area contributed by atoms with Crippen LogP contribution < -0.4 is 4.74 Å². The van der Waals surface area contributed by atoms with E-state index in [1.807, 2.05) is 50.2 Å². The molecule has 2 aromatic carbocycles. The van der Waals surface area contributed by atoms with Gasteiger partial charge in [-0.2, -0.15) is 0 Å². The van der Waals surface area contributed by atoms with Crippen molar-refractivity contribution in [2.75, 3.05) is 6.61 Å². The zero-order chi connectivity index (χ0) is 14.7. The van der Waals surface area contributed by atoms with Crippen molar-refractivity contribution in [1.29, 1.82) is 0 Å². The van der Waals surface area contributed by atoms with Crippen LogP contribution in [0.3, 0.4) is 0 Å². The van der Waals surface area contributed by atoms with Crippen LogP contribution in [0, 0.1) is 20.8 Å². The van der Waals surface area contributed by atoms with Gasteiger partial charge < -0.3 is 4.74 Å². The third-order valence-electron chi connectivity index (χ3n) is 3.32. The molecule has 0 aliphatic carbocycles. The summed E-state index contributed by atoms with van der Waals surface area (Å²) in [6.07, 6.45) is 0. The molecule has 2 aromatic rings. The second-order valence-electron chi connectivity index (χ2n) is 4.92. The van der Waals surface area contributed by atoms with E-state index in [2.05, 4.69) is 22.9 Å². The molecule has 0 fully saturated rings. The average Bonchev–Trinajstić information content (AvgIpc) is 2.42. The normalized spacial score (nSPS) is 10.4. The number of carbonyl (C=O) groups excluding carboxylic acids is 1. The molecular weight excluding hydrogens is 316 g/mol. The number of carbonyl (C=O) groups is 1. The third kappa shape index (κ3) is 3.48. The van der Waals surface area contributed by atoms with Crippen LogP contribution >= 0.6 is 15.9 Å². The van der Waals surface area contributed by atoms with E-state index in [0.29, 0.717) is 5.75 Å².